The molecule has 1 N–H and O–H groups in total. The Labute approximate surface area is 144 Å². The van der Waals surface area contributed by atoms with Crippen molar-refractivity contribution in [2.24, 2.45) is 0 Å². The first kappa shape index (κ1) is 14.7. The second kappa shape index (κ2) is 6.30. The summed E-state index contributed by atoms with van der Waals surface area (Å²) in [6, 6.07) is 10.4. The van der Waals surface area contributed by atoms with E-state index in [9.17, 15) is 0 Å². The standard InChI is InChI=1S/C18H16ClN3S/c19-13-6-4-12(5-7-13)17-11-23-18(22-17)15-10-20-9-8-16(15)21-14-2-1-3-14/h4-11,14H,1-3H2,(H,20,21). The maximum atomic E-state index is 5.95. The molecule has 0 aliphatic heterocycles. The van der Waals surface area contributed by atoms with Crippen molar-refractivity contribution < 1.29 is 0 Å². The molecule has 0 atom stereocenters. The molecule has 4 rings (SSSR count). The van der Waals surface area contributed by atoms with Gasteiger partial charge in [0.05, 0.1) is 11.3 Å². The monoisotopic (exact) mass is 341 g/mol. The molecule has 1 aromatic carbocycles. The topological polar surface area (TPSA) is 37.8 Å². The van der Waals surface area contributed by atoms with E-state index in [-0.39, 0.29) is 0 Å². The molecular weight excluding hydrogens is 326 g/mol. The highest BCUT2D eigenvalue weighted by Crippen LogP contribution is 2.34. The van der Waals surface area contributed by atoms with Crippen molar-refractivity contribution in [3.05, 3.63) is 53.1 Å². The predicted octanol–water partition coefficient (Wildman–Crippen LogP) is 5.49. The van der Waals surface area contributed by atoms with Gasteiger partial charge in [-0.2, -0.15) is 0 Å². The second-order valence-electron chi connectivity index (χ2n) is 5.74. The average Bonchev–Trinajstić information content (AvgIpc) is 3.02. The number of hydrogen-bond donors (Lipinski definition) is 1. The van der Waals surface area contributed by atoms with E-state index >= 15 is 0 Å². The van der Waals surface area contributed by atoms with Crippen molar-refractivity contribution >= 4 is 28.6 Å². The fourth-order valence-corrected chi connectivity index (χ4v) is 3.59. The van der Waals surface area contributed by atoms with Crippen molar-refractivity contribution in [3.63, 3.8) is 0 Å². The second-order valence-corrected chi connectivity index (χ2v) is 7.03. The minimum Gasteiger partial charge on any atom is -0.382 e. The summed E-state index contributed by atoms with van der Waals surface area (Å²) < 4.78 is 0. The van der Waals surface area contributed by atoms with Gasteiger partial charge in [-0.15, -0.1) is 11.3 Å². The summed E-state index contributed by atoms with van der Waals surface area (Å²) in [5, 5.41) is 7.42. The number of rotatable bonds is 4. The fraction of sp³-hybridized carbons (Fsp3) is 0.222. The number of thiazole rings is 1. The molecule has 0 spiro atoms. The van der Waals surface area contributed by atoms with Gasteiger partial charge in [-0.1, -0.05) is 23.7 Å². The first-order chi connectivity index (χ1) is 11.3. The van der Waals surface area contributed by atoms with E-state index in [4.69, 9.17) is 16.6 Å². The van der Waals surface area contributed by atoms with Gasteiger partial charge in [-0.05, 0) is 37.5 Å². The number of benzene rings is 1. The van der Waals surface area contributed by atoms with Gasteiger partial charge in [0.1, 0.15) is 5.01 Å². The van der Waals surface area contributed by atoms with Gasteiger partial charge >= 0.3 is 0 Å². The minimum absolute atomic E-state index is 0.590. The summed E-state index contributed by atoms with van der Waals surface area (Å²) in [7, 11) is 0. The van der Waals surface area contributed by atoms with Gasteiger partial charge in [-0.25, -0.2) is 4.98 Å². The van der Waals surface area contributed by atoms with Gasteiger partial charge in [0.2, 0.25) is 0 Å². The molecule has 1 fully saturated rings. The normalized spacial score (nSPS) is 14.5. The molecule has 2 heterocycles. The number of hydrogen-bond acceptors (Lipinski definition) is 4. The van der Waals surface area contributed by atoms with E-state index < -0.39 is 0 Å². The third kappa shape index (κ3) is 3.09. The van der Waals surface area contributed by atoms with E-state index in [2.05, 4.69) is 15.7 Å². The van der Waals surface area contributed by atoms with Gasteiger partial charge in [0, 0.05) is 40.1 Å². The van der Waals surface area contributed by atoms with Crippen molar-refractivity contribution in [2.45, 2.75) is 25.3 Å². The lowest BCUT2D eigenvalue weighted by Gasteiger charge is -2.28. The molecule has 23 heavy (non-hydrogen) atoms. The smallest absolute Gasteiger partial charge is 0.127 e. The van der Waals surface area contributed by atoms with Crippen LogP contribution in [0.2, 0.25) is 5.02 Å². The molecule has 3 nitrogen and oxygen atoms in total. The lowest BCUT2D eigenvalue weighted by atomic mass is 9.93. The molecule has 0 radical (unpaired) electrons. The number of nitrogens with one attached hydrogen (secondary N) is 1. The maximum Gasteiger partial charge on any atom is 0.127 e. The highest BCUT2D eigenvalue weighted by molar-refractivity contribution is 7.13. The Bertz CT molecular complexity index is 809. The van der Waals surface area contributed by atoms with Crippen LogP contribution in [-0.4, -0.2) is 16.0 Å². The zero-order valence-corrected chi connectivity index (χ0v) is 14.1. The Morgan fingerprint density at radius 1 is 1.13 bits per heavy atom. The predicted molar refractivity (Wildman–Crippen MR) is 97.1 cm³/mol. The number of halogens is 1. The first-order valence-electron chi connectivity index (χ1n) is 7.72. The number of aromatic nitrogens is 2. The summed E-state index contributed by atoms with van der Waals surface area (Å²) in [5.74, 6) is 0. The molecule has 0 bridgehead atoms. The third-order valence-electron chi connectivity index (χ3n) is 4.16. The van der Waals surface area contributed by atoms with Crippen LogP contribution in [0.5, 0.6) is 0 Å². The fourth-order valence-electron chi connectivity index (χ4n) is 2.61. The van der Waals surface area contributed by atoms with Crippen LogP contribution >= 0.6 is 22.9 Å². The van der Waals surface area contributed by atoms with E-state index in [1.165, 1.54) is 19.3 Å². The number of anilines is 1. The number of nitrogens with zero attached hydrogens (tertiary/aromatic N) is 2. The van der Waals surface area contributed by atoms with Crippen LogP contribution in [0.15, 0.2) is 48.1 Å². The van der Waals surface area contributed by atoms with Gasteiger partial charge in [0.15, 0.2) is 0 Å². The lowest BCUT2D eigenvalue weighted by Crippen LogP contribution is -2.27. The maximum absolute atomic E-state index is 5.95. The summed E-state index contributed by atoms with van der Waals surface area (Å²) in [6.45, 7) is 0. The Kier molecular flexibility index (Phi) is 4.02. The highest BCUT2D eigenvalue weighted by atomic mass is 35.5. The van der Waals surface area contributed by atoms with E-state index in [0.29, 0.717) is 6.04 Å². The zero-order valence-electron chi connectivity index (χ0n) is 12.5. The Hall–Kier alpha value is -1.91. The largest absolute Gasteiger partial charge is 0.382 e. The molecule has 1 saturated carbocycles. The molecule has 0 amide bonds. The zero-order chi connectivity index (χ0) is 15.6. The van der Waals surface area contributed by atoms with Crippen molar-refractivity contribution in [1.82, 2.24) is 9.97 Å². The van der Waals surface area contributed by atoms with Crippen molar-refractivity contribution in [2.75, 3.05) is 5.32 Å². The van der Waals surface area contributed by atoms with E-state index in [1.54, 1.807) is 11.3 Å². The summed E-state index contributed by atoms with van der Waals surface area (Å²) in [5.41, 5.74) is 4.25. The van der Waals surface area contributed by atoms with Crippen LogP contribution < -0.4 is 5.32 Å². The molecule has 5 heteroatoms. The van der Waals surface area contributed by atoms with Crippen molar-refractivity contribution in [3.8, 4) is 21.8 Å². The molecule has 1 aliphatic rings. The summed E-state index contributed by atoms with van der Waals surface area (Å²) in [4.78, 5) is 9.06. The Balaban J connectivity index is 1.65. The Morgan fingerprint density at radius 2 is 1.96 bits per heavy atom. The van der Waals surface area contributed by atoms with Crippen LogP contribution in [-0.2, 0) is 0 Å². The summed E-state index contributed by atoms with van der Waals surface area (Å²) in [6.07, 6.45) is 7.53. The van der Waals surface area contributed by atoms with Crippen LogP contribution in [0, 0.1) is 0 Å². The minimum atomic E-state index is 0.590. The highest BCUT2D eigenvalue weighted by Gasteiger charge is 2.19. The van der Waals surface area contributed by atoms with Crippen LogP contribution in [0.25, 0.3) is 21.8 Å². The SMILES string of the molecule is Clc1ccc(-c2csc(-c3cnccc3NC3CCC3)n2)cc1. The average molecular weight is 342 g/mol. The van der Waals surface area contributed by atoms with Gasteiger partial charge in [0.25, 0.3) is 0 Å². The van der Waals surface area contributed by atoms with Gasteiger partial charge < -0.3 is 5.32 Å². The molecule has 3 aromatic rings. The first-order valence-corrected chi connectivity index (χ1v) is 8.98. The lowest BCUT2D eigenvalue weighted by molar-refractivity contribution is 0.445. The van der Waals surface area contributed by atoms with Crippen molar-refractivity contribution in [1.29, 1.82) is 0 Å². The van der Waals surface area contributed by atoms with Crippen LogP contribution in [0.3, 0.4) is 0 Å². The number of pyridine rings is 1. The van der Waals surface area contributed by atoms with Gasteiger partial charge in [-0.3, -0.25) is 4.98 Å². The van der Waals surface area contributed by atoms with E-state index in [0.717, 1.165) is 32.5 Å². The molecule has 0 saturated heterocycles. The molecule has 0 unspecified atom stereocenters. The Morgan fingerprint density at radius 3 is 2.70 bits per heavy atom. The summed E-state index contributed by atoms with van der Waals surface area (Å²) >= 11 is 7.60. The third-order valence-corrected chi connectivity index (χ3v) is 5.29. The van der Waals surface area contributed by atoms with E-state index in [1.807, 2.05) is 42.7 Å². The molecule has 1 aliphatic carbocycles. The van der Waals surface area contributed by atoms with Crippen LogP contribution in [0.4, 0.5) is 5.69 Å². The van der Waals surface area contributed by atoms with Crippen LogP contribution in [0.1, 0.15) is 19.3 Å². The molecule has 2 aromatic heterocycles. The quantitative estimate of drug-likeness (QED) is 0.681. The molecule has 116 valence electrons. The molecular formula is C18H16ClN3S.